The summed E-state index contributed by atoms with van der Waals surface area (Å²) in [4.78, 5) is 11.8. The molecule has 0 unspecified atom stereocenters. The Morgan fingerprint density at radius 2 is 2.14 bits per heavy atom. The molecule has 8 heteroatoms. The lowest BCUT2D eigenvalue weighted by atomic mass is 10.1. The van der Waals surface area contributed by atoms with Crippen molar-refractivity contribution in [1.29, 1.82) is 0 Å². The Morgan fingerprint density at radius 3 is 2.67 bits per heavy atom. The zero-order valence-corrected chi connectivity index (χ0v) is 13.5. The largest absolute Gasteiger partial charge is 0.478 e. The SMILES string of the molecule is CCS(=O)(=O)N1CCC(NCc2cc(C(=O)O)cs2)CC1. The molecule has 0 radical (unpaired) electrons. The number of thiophene rings is 1. The zero-order chi connectivity index (χ0) is 15.5. The summed E-state index contributed by atoms with van der Waals surface area (Å²) in [5.74, 6) is -0.756. The summed E-state index contributed by atoms with van der Waals surface area (Å²) >= 11 is 1.43. The second kappa shape index (κ2) is 6.87. The number of hydrogen-bond acceptors (Lipinski definition) is 5. The van der Waals surface area contributed by atoms with E-state index in [9.17, 15) is 13.2 Å². The lowest BCUT2D eigenvalue weighted by Crippen LogP contribution is -2.45. The van der Waals surface area contributed by atoms with Crippen LogP contribution >= 0.6 is 11.3 Å². The third-order valence-corrected chi connectivity index (χ3v) is 6.50. The van der Waals surface area contributed by atoms with Gasteiger partial charge in [0.25, 0.3) is 0 Å². The lowest BCUT2D eigenvalue weighted by Gasteiger charge is -2.31. The number of nitrogens with zero attached hydrogens (tertiary/aromatic N) is 1. The molecule has 1 aromatic rings. The van der Waals surface area contributed by atoms with E-state index in [0.29, 0.717) is 25.2 Å². The van der Waals surface area contributed by atoms with Crippen LogP contribution in [0.2, 0.25) is 0 Å². The molecule has 118 valence electrons. The van der Waals surface area contributed by atoms with E-state index in [-0.39, 0.29) is 11.8 Å². The molecule has 1 aliphatic heterocycles. The molecule has 2 rings (SSSR count). The quantitative estimate of drug-likeness (QED) is 0.821. The van der Waals surface area contributed by atoms with Gasteiger partial charge in [0.15, 0.2) is 0 Å². The molecule has 21 heavy (non-hydrogen) atoms. The van der Waals surface area contributed by atoms with Gasteiger partial charge in [-0.25, -0.2) is 17.5 Å². The molecule has 6 nitrogen and oxygen atoms in total. The summed E-state index contributed by atoms with van der Waals surface area (Å²) in [7, 11) is -3.08. The van der Waals surface area contributed by atoms with Crippen LogP contribution in [-0.4, -0.2) is 48.7 Å². The van der Waals surface area contributed by atoms with Crippen LogP contribution in [0, 0.1) is 0 Å². The lowest BCUT2D eigenvalue weighted by molar-refractivity contribution is 0.0697. The molecule has 0 aromatic carbocycles. The van der Waals surface area contributed by atoms with Crippen molar-refractivity contribution >= 4 is 27.3 Å². The van der Waals surface area contributed by atoms with Crippen LogP contribution in [-0.2, 0) is 16.6 Å². The summed E-state index contributed by atoms with van der Waals surface area (Å²) < 4.78 is 25.1. The molecule has 0 amide bonds. The first-order valence-corrected chi connectivity index (χ1v) is 9.43. The first-order chi connectivity index (χ1) is 9.92. The fourth-order valence-electron chi connectivity index (χ4n) is 2.35. The predicted octanol–water partition coefficient (Wildman–Crippen LogP) is 1.35. The van der Waals surface area contributed by atoms with Gasteiger partial charge in [-0.15, -0.1) is 11.3 Å². The number of carbonyl (C=O) groups is 1. The van der Waals surface area contributed by atoms with Gasteiger partial charge in [0.1, 0.15) is 0 Å². The van der Waals surface area contributed by atoms with E-state index in [0.717, 1.165) is 17.7 Å². The Labute approximate surface area is 128 Å². The molecule has 0 atom stereocenters. The van der Waals surface area contributed by atoms with Crippen molar-refractivity contribution in [3.05, 3.63) is 21.9 Å². The molecule has 1 aromatic heterocycles. The Hall–Kier alpha value is -0.960. The van der Waals surface area contributed by atoms with Gasteiger partial charge in [-0.3, -0.25) is 0 Å². The van der Waals surface area contributed by atoms with Crippen LogP contribution in [0.5, 0.6) is 0 Å². The van der Waals surface area contributed by atoms with Crippen molar-refractivity contribution in [2.75, 3.05) is 18.8 Å². The van der Waals surface area contributed by atoms with Crippen LogP contribution in [0.15, 0.2) is 11.4 Å². The molecule has 2 N–H and O–H groups in total. The number of rotatable bonds is 6. The van der Waals surface area contributed by atoms with Gasteiger partial charge >= 0.3 is 5.97 Å². The maximum absolute atomic E-state index is 11.8. The number of hydrogen-bond donors (Lipinski definition) is 2. The number of nitrogens with one attached hydrogen (secondary N) is 1. The van der Waals surface area contributed by atoms with Crippen molar-refractivity contribution in [2.45, 2.75) is 32.4 Å². The van der Waals surface area contributed by atoms with Crippen LogP contribution in [0.1, 0.15) is 35.0 Å². The first-order valence-electron chi connectivity index (χ1n) is 6.94. The number of aromatic carboxylic acids is 1. The van der Waals surface area contributed by atoms with E-state index in [1.54, 1.807) is 22.7 Å². The first kappa shape index (κ1) is 16.4. The second-order valence-electron chi connectivity index (χ2n) is 5.06. The van der Waals surface area contributed by atoms with Gasteiger partial charge in [-0.1, -0.05) is 0 Å². The van der Waals surface area contributed by atoms with E-state index in [4.69, 9.17) is 5.11 Å². The van der Waals surface area contributed by atoms with E-state index in [2.05, 4.69) is 5.32 Å². The van der Waals surface area contributed by atoms with Crippen molar-refractivity contribution < 1.29 is 18.3 Å². The normalized spacial score (nSPS) is 18.0. The van der Waals surface area contributed by atoms with Crippen LogP contribution in [0.4, 0.5) is 0 Å². The molecular formula is C13H20N2O4S2. The Kier molecular flexibility index (Phi) is 5.37. The van der Waals surface area contributed by atoms with E-state index in [1.807, 2.05) is 0 Å². The minimum absolute atomic E-state index is 0.151. The molecule has 0 bridgehead atoms. The number of piperidine rings is 1. The molecular weight excluding hydrogens is 312 g/mol. The topological polar surface area (TPSA) is 86.7 Å². The minimum atomic E-state index is -3.08. The smallest absolute Gasteiger partial charge is 0.336 e. The molecule has 0 aliphatic carbocycles. The zero-order valence-electron chi connectivity index (χ0n) is 11.9. The summed E-state index contributed by atoms with van der Waals surface area (Å²) in [6, 6.07) is 1.96. The third-order valence-electron chi connectivity index (χ3n) is 3.68. The maximum atomic E-state index is 11.8. The number of carboxylic acid groups (broad SMARTS) is 1. The number of sulfonamides is 1. The van der Waals surface area contributed by atoms with Crippen LogP contribution in [0.3, 0.4) is 0 Å². The summed E-state index contributed by atoms with van der Waals surface area (Å²) in [6.07, 6.45) is 1.58. The highest BCUT2D eigenvalue weighted by atomic mass is 32.2. The van der Waals surface area contributed by atoms with E-state index >= 15 is 0 Å². The third kappa shape index (κ3) is 4.26. The Morgan fingerprint density at radius 1 is 1.48 bits per heavy atom. The maximum Gasteiger partial charge on any atom is 0.336 e. The van der Waals surface area contributed by atoms with Crippen molar-refractivity contribution in [2.24, 2.45) is 0 Å². The monoisotopic (exact) mass is 332 g/mol. The van der Waals surface area contributed by atoms with Gasteiger partial charge in [0.2, 0.25) is 10.0 Å². The Bertz CT molecular complexity index is 589. The van der Waals surface area contributed by atoms with E-state index in [1.165, 1.54) is 11.3 Å². The second-order valence-corrected chi connectivity index (χ2v) is 8.31. The summed E-state index contributed by atoms with van der Waals surface area (Å²) in [5.41, 5.74) is 0.320. The molecule has 0 saturated carbocycles. The van der Waals surface area contributed by atoms with E-state index < -0.39 is 16.0 Å². The van der Waals surface area contributed by atoms with Crippen molar-refractivity contribution in [1.82, 2.24) is 9.62 Å². The van der Waals surface area contributed by atoms with Crippen LogP contribution < -0.4 is 5.32 Å². The fraction of sp³-hybridized carbons (Fsp3) is 0.615. The molecule has 1 aliphatic rings. The summed E-state index contributed by atoms with van der Waals surface area (Å²) in [6.45, 7) is 3.40. The average molecular weight is 332 g/mol. The highest BCUT2D eigenvalue weighted by molar-refractivity contribution is 7.89. The fourth-order valence-corrected chi connectivity index (χ4v) is 4.29. The van der Waals surface area contributed by atoms with Gasteiger partial charge in [-0.2, -0.15) is 0 Å². The standard InChI is InChI=1S/C13H20N2O4S2/c1-2-21(18,19)15-5-3-11(4-6-15)14-8-12-7-10(9-20-12)13(16)17/h7,9,11,14H,2-6,8H2,1H3,(H,16,17). The van der Waals surface area contributed by atoms with Gasteiger partial charge in [-0.05, 0) is 25.8 Å². The molecule has 1 fully saturated rings. The number of carboxylic acids is 1. The summed E-state index contributed by atoms with van der Waals surface area (Å²) in [5, 5.41) is 13.9. The van der Waals surface area contributed by atoms with Crippen molar-refractivity contribution in [3.8, 4) is 0 Å². The predicted molar refractivity (Wildman–Crippen MR) is 82.2 cm³/mol. The highest BCUT2D eigenvalue weighted by Crippen LogP contribution is 2.17. The van der Waals surface area contributed by atoms with Crippen LogP contribution in [0.25, 0.3) is 0 Å². The minimum Gasteiger partial charge on any atom is -0.478 e. The molecule has 2 heterocycles. The molecule has 0 spiro atoms. The van der Waals surface area contributed by atoms with Gasteiger partial charge < -0.3 is 10.4 Å². The van der Waals surface area contributed by atoms with Crippen molar-refractivity contribution in [3.63, 3.8) is 0 Å². The van der Waals surface area contributed by atoms with Gasteiger partial charge in [0.05, 0.1) is 11.3 Å². The average Bonchev–Trinajstić information content (AvgIpc) is 2.95. The highest BCUT2D eigenvalue weighted by Gasteiger charge is 2.26. The van der Waals surface area contributed by atoms with Gasteiger partial charge in [0, 0.05) is 35.9 Å². The molecule has 1 saturated heterocycles. The Balaban J connectivity index is 1.80.